The van der Waals surface area contributed by atoms with Crippen molar-refractivity contribution in [3.8, 4) is 0 Å². The molecule has 0 aliphatic heterocycles. The summed E-state index contributed by atoms with van der Waals surface area (Å²) in [6, 6.07) is 9.42. The van der Waals surface area contributed by atoms with Crippen LogP contribution in [0.4, 0.5) is 0 Å². The van der Waals surface area contributed by atoms with Crippen molar-refractivity contribution >= 4 is 16.8 Å². The van der Waals surface area contributed by atoms with E-state index in [9.17, 15) is 4.79 Å². The predicted molar refractivity (Wildman–Crippen MR) is 86.1 cm³/mol. The van der Waals surface area contributed by atoms with Gasteiger partial charge in [-0.2, -0.15) is 0 Å². The van der Waals surface area contributed by atoms with Crippen molar-refractivity contribution in [2.75, 3.05) is 6.54 Å². The number of nitrogens with one attached hydrogen (secondary N) is 1. The van der Waals surface area contributed by atoms with Gasteiger partial charge < -0.3 is 11.1 Å². The van der Waals surface area contributed by atoms with Gasteiger partial charge in [0.15, 0.2) is 0 Å². The Balaban J connectivity index is 2.30. The number of aromatic nitrogens is 1. The third-order valence-electron chi connectivity index (χ3n) is 3.70. The van der Waals surface area contributed by atoms with E-state index in [0.717, 1.165) is 17.3 Å². The topological polar surface area (TPSA) is 68.0 Å². The fourth-order valence-electron chi connectivity index (χ4n) is 2.43. The van der Waals surface area contributed by atoms with Crippen LogP contribution < -0.4 is 11.1 Å². The third-order valence-corrected chi connectivity index (χ3v) is 3.70. The molecule has 0 saturated carbocycles. The Morgan fingerprint density at radius 1 is 1.29 bits per heavy atom. The predicted octanol–water partition coefficient (Wildman–Crippen LogP) is 2.73. The molecule has 1 heterocycles. The molecule has 2 rings (SSSR count). The van der Waals surface area contributed by atoms with Crippen LogP contribution in [-0.2, 0) is 0 Å². The van der Waals surface area contributed by atoms with Gasteiger partial charge in [-0.25, -0.2) is 0 Å². The lowest BCUT2D eigenvalue weighted by Gasteiger charge is -2.31. The number of amides is 1. The van der Waals surface area contributed by atoms with Gasteiger partial charge in [0.2, 0.25) is 0 Å². The first-order valence-electron chi connectivity index (χ1n) is 7.28. The minimum absolute atomic E-state index is 0.0299. The third kappa shape index (κ3) is 3.58. The van der Waals surface area contributed by atoms with E-state index < -0.39 is 0 Å². The molecule has 1 unspecified atom stereocenters. The molecule has 112 valence electrons. The number of carbonyl (C=O) groups excluding carboxylic acids is 1. The maximum absolute atomic E-state index is 12.6. The number of carbonyl (C=O) groups is 1. The average Bonchev–Trinajstić information content (AvgIpc) is 2.45. The molecule has 1 amide bonds. The molecular weight excluding hydrogens is 262 g/mol. The van der Waals surface area contributed by atoms with Gasteiger partial charge in [-0.15, -0.1) is 0 Å². The zero-order valence-corrected chi connectivity index (χ0v) is 12.9. The summed E-state index contributed by atoms with van der Waals surface area (Å²) in [5, 5.41) is 3.99. The second-order valence-electron chi connectivity index (χ2n) is 6.35. The highest BCUT2D eigenvalue weighted by atomic mass is 16.1. The molecule has 4 nitrogen and oxygen atoms in total. The molecule has 0 aliphatic rings. The summed E-state index contributed by atoms with van der Waals surface area (Å²) in [5.74, 6) is -0.0676. The zero-order chi connectivity index (χ0) is 15.5. The first-order valence-corrected chi connectivity index (χ1v) is 7.28. The second kappa shape index (κ2) is 6.22. The Hall–Kier alpha value is -1.94. The van der Waals surface area contributed by atoms with E-state index >= 15 is 0 Å². The Kier molecular flexibility index (Phi) is 4.58. The maximum Gasteiger partial charge on any atom is 0.252 e. The van der Waals surface area contributed by atoms with Gasteiger partial charge in [-0.3, -0.25) is 9.78 Å². The van der Waals surface area contributed by atoms with E-state index in [1.165, 1.54) is 0 Å². The number of nitrogens with zero attached hydrogens (tertiary/aromatic N) is 1. The van der Waals surface area contributed by atoms with Crippen LogP contribution in [0, 0.1) is 5.41 Å². The smallest absolute Gasteiger partial charge is 0.252 e. The number of fused-ring (bicyclic) bond motifs is 1. The van der Waals surface area contributed by atoms with Crippen molar-refractivity contribution in [3.63, 3.8) is 0 Å². The van der Waals surface area contributed by atoms with Crippen molar-refractivity contribution in [1.29, 1.82) is 0 Å². The highest BCUT2D eigenvalue weighted by Crippen LogP contribution is 2.23. The monoisotopic (exact) mass is 285 g/mol. The van der Waals surface area contributed by atoms with Gasteiger partial charge in [0.1, 0.15) is 0 Å². The summed E-state index contributed by atoms with van der Waals surface area (Å²) >= 11 is 0. The van der Waals surface area contributed by atoms with Crippen LogP contribution in [-0.4, -0.2) is 23.5 Å². The largest absolute Gasteiger partial charge is 0.349 e. The van der Waals surface area contributed by atoms with Crippen molar-refractivity contribution in [1.82, 2.24) is 10.3 Å². The standard InChI is InChI=1S/C17H23N3O/c1-17(2,3)15(9-10-18)20-16(21)13-6-4-8-14-12(13)7-5-11-19-14/h4-8,11,15H,9-10,18H2,1-3H3,(H,20,21). The first-order chi connectivity index (χ1) is 9.93. The minimum Gasteiger partial charge on any atom is -0.349 e. The maximum atomic E-state index is 12.6. The molecule has 0 saturated heterocycles. The fourth-order valence-corrected chi connectivity index (χ4v) is 2.43. The molecule has 2 aromatic rings. The molecule has 0 bridgehead atoms. The van der Waals surface area contributed by atoms with Crippen LogP contribution in [0.2, 0.25) is 0 Å². The van der Waals surface area contributed by atoms with Gasteiger partial charge in [-0.1, -0.05) is 32.9 Å². The molecule has 1 atom stereocenters. The van der Waals surface area contributed by atoms with Crippen molar-refractivity contribution < 1.29 is 4.79 Å². The summed E-state index contributed by atoms with van der Waals surface area (Å²) in [4.78, 5) is 16.9. The van der Waals surface area contributed by atoms with Gasteiger partial charge in [0.05, 0.1) is 5.52 Å². The molecule has 3 N–H and O–H groups in total. The van der Waals surface area contributed by atoms with E-state index in [4.69, 9.17) is 5.73 Å². The first kappa shape index (κ1) is 15.4. The van der Waals surface area contributed by atoms with E-state index in [2.05, 4.69) is 31.1 Å². The molecule has 1 aromatic carbocycles. The Morgan fingerprint density at radius 2 is 2.05 bits per heavy atom. The van der Waals surface area contributed by atoms with Gasteiger partial charge in [0.25, 0.3) is 5.91 Å². The van der Waals surface area contributed by atoms with Crippen LogP contribution in [0.15, 0.2) is 36.5 Å². The van der Waals surface area contributed by atoms with Crippen LogP contribution in [0.25, 0.3) is 10.9 Å². The lowest BCUT2D eigenvalue weighted by molar-refractivity contribution is 0.0900. The summed E-state index contributed by atoms with van der Waals surface area (Å²) in [7, 11) is 0. The number of rotatable bonds is 4. The van der Waals surface area contributed by atoms with Crippen molar-refractivity contribution in [2.45, 2.75) is 33.2 Å². The van der Waals surface area contributed by atoms with Crippen molar-refractivity contribution in [3.05, 3.63) is 42.1 Å². The molecule has 0 fully saturated rings. The molecule has 0 radical (unpaired) electrons. The van der Waals surface area contributed by atoms with E-state index in [-0.39, 0.29) is 17.4 Å². The van der Waals surface area contributed by atoms with E-state index in [0.29, 0.717) is 12.1 Å². The van der Waals surface area contributed by atoms with Crippen LogP contribution in [0.3, 0.4) is 0 Å². The van der Waals surface area contributed by atoms with Crippen LogP contribution in [0.1, 0.15) is 37.6 Å². The van der Waals surface area contributed by atoms with Gasteiger partial charge >= 0.3 is 0 Å². The Morgan fingerprint density at radius 3 is 2.71 bits per heavy atom. The number of benzene rings is 1. The number of hydrogen-bond acceptors (Lipinski definition) is 3. The highest BCUT2D eigenvalue weighted by Gasteiger charge is 2.26. The lowest BCUT2D eigenvalue weighted by atomic mass is 9.84. The SMILES string of the molecule is CC(C)(C)C(CCN)NC(=O)c1cccc2ncccc12. The zero-order valence-electron chi connectivity index (χ0n) is 12.9. The second-order valence-corrected chi connectivity index (χ2v) is 6.35. The molecule has 21 heavy (non-hydrogen) atoms. The minimum atomic E-state index is -0.0676. The molecular formula is C17H23N3O. The average molecular weight is 285 g/mol. The van der Waals surface area contributed by atoms with Crippen molar-refractivity contribution in [2.24, 2.45) is 11.1 Å². The quantitative estimate of drug-likeness (QED) is 0.907. The van der Waals surface area contributed by atoms with Crippen LogP contribution >= 0.6 is 0 Å². The number of nitrogens with two attached hydrogens (primary N) is 1. The summed E-state index contributed by atoms with van der Waals surface area (Å²) < 4.78 is 0. The van der Waals surface area contributed by atoms with E-state index in [1.807, 2.05) is 30.3 Å². The summed E-state index contributed by atoms with van der Waals surface area (Å²) in [6.45, 7) is 6.88. The molecule has 0 aliphatic carbocycles. The number of pyridine rings is 1. The summed E-state index contributed by atoms with van der Waals surface area (Å²) in [6.07, 6.45) is 2.49. The van der Waals surface area contributed by atoms with Crippen LogP contribution in [0.5, 0.6) is 0 Å². The van der Waals surface area contributed by atoms with E-state index in [1.54, 1.807) is 6.20 Å². The molecule has 4 heteroatoms. The number of hydrogen-bond donors (Lipinski definition) is 2. The highest BCUT2D eigenvalue weighted by molar-refractivity contribution is 6.06. The Labute approximate surface area is 125 Å². The lowest BCUT2D eigenvalue weighted by Crippen LogP contribution is -2.44. The molecule has 1 aromatic heterocycles. The molecule has 0 spiro atoms. The van der Waals surface area contributed by atoms with Gasteiger partial charge in [-0.05, 0) is 36.6 Å². The van der Waals surface area contributed by atoms with Gasteiger partial charge in [0, 0.05) is 23.2 Å². The Bertz CT molecular complexity index is 626. The normalized spacial score (nSPS) is 13.1. The summed E-state index contributed by atoms with van der Waals surface area (Å²) in [5.41, 5.74) is 7.13. The fraction of sp³-hybridized carbons (Fsp3) is 0.412.